The highest BCUT2D eigenvalue weighted by Gasteiger charge is 2.31. The van der Waals surface area contributed by atoms with Gasteiger partial charge in [-0.2, -0.15) is 4.98 Å². The maximum atomic E-state index is 5.22. The number of nitrogens with one attached hydrogen (secondary N) is 1. The minimum absolute atomic E-state index is 0.0667. The van der Waals surface area contributed by atoms with Crippen LogP contribution in [0.25, 0.3) is 0 Å². The molecule has 1 aliphatic carbocycles. The van der Waals surface area contributed by atoms with Crippen LogP contribution in [0.15, 0.2) is 23.5 Å². The summed E-state index contributed by atoms with van der Waals surface area (Å²) in [7, 11) is 1.65. The van der Waals surface area contributed by atoms with Crippen LogP contribution in [0.4, 0.5) is 0 Å². The molecule has 0 amide bonds. The topological polar surface area (TPSA) is 51.4 Å². The third-order valence-electron chi connectivity index (χ3n) is 3.05. The van der Waals surface area contributed by atoms with E-state index in [0.29, 0.717) is 11.8 Å². The smallest absolute Gasteiger partial charge is 0.231 e. The number of ether oxygens (including phenoxy) is 1. The molecular weight excluding hydrogens is 216 g/mol. The van der Waals surface area contributed by atoms with E-state index in [1.165, 1.54) is 12.8 Å². The summed E-state index contributed by atoms with van der Waals surface area (Å²) in [6.07, 6.45) is 10.2. The molecular formula is C12H16N4O. The third-order valence-corrected chi connectivity index (χ3v) is 3.05. The monoisotopic (exact) mass is 232 g/mol. The number of aromatic nitrogens is 2. The first-order valence-electron chi connectivity index (χ1n) is 5.93. The minimum Gasteiger partial charge on any atom is -0.480 e. The van der Waals surface area contributed by atoms with Crippen molar-refractivity contribution in [3.63, 3.8) is 0 Å². The Morgan fingerprint density at radius 1 is 1.47 bits per heavy atom. The van der Waals surface area contributed by atoms with Crippen LogP contribution in [0.2, 0.25) is 0 Å². The number of nitrogens with zero attached hydrogens (tertiary/aromatic N) is 3. The molecule has 1 N–H and O–H groups in total. The summed E-state index contributed by atoms with van der Waals surface area (Å²) in [6.45, 7) is 0.815. The molecule has 17 heavy (non-hydrogen) atoms. The van der Waals surface area contributed by atoms with Gasteiger partial charge >= 0.3 is 0 Å². The fourth-order valence-electron chi connectivity index (χ4n) is 2.01. The Labute approximate surface area is 100 Å². The molecule has 2 heterocycles. The number of rotatable bonds is 3. The van der Waals surface area contributed by atoms with Gasteiger partial charge in [0.2, 0.25) is 5.88 Å². The number of imidazole rings is 1. The van der Waals surface area contributed by atoms with Crippen LogP contribution in [0.1, 0.15) is 30.7 Å². The fraction of sp³-hybridized carbons (Fsp3) is 0.500. The van der Waals surface area contributed by atoms with Crippen molar-refractivity contribution in [2.24, 2.45) is 4.99 Å². The van der Waals surface area contributed by atoms with E-state index >= 15 is 0 Å². The molecule has 3 rings (SSSR count). The SMILES string of the molecule is COc1cn(C2C=NC=CCN2)c(C2CC2)n1. The lowest BCUT2D eigenvalue weighted by molar-refractivity contribution is 0.398. The van der Waals surface area contributed by atoms with Crippen molar-refractivity contribution < 1.29 is 4.74 Å². The van der Waals surface area contributed by atoms with Gasteiger partial charge in [-0.3, -0.25) is 10.3 Å². The summed E-state index contributed by atoms with van der Waals surface area (Å²) < 4.78 is 7.35. The fourth-order valence-corrected chi connectivity index (χ4v) is 2.01. The van der Waals surface area contributed by atoms with Crippen LogP contribution < -0.4 is 10.1 Å². The molecule has 0 bridgehead atoms. The van der Waals surface area contributed by atoms with Gasteiger partial charge in [0.05, 0.1) is 13.3 Å². The number of hydrogen-bond donors (Lipinski definition) is 1. The number of methoxy groups -OCH3 is 1. The van der Waals surface area contributed by atoms with Crippen molar-refractivity contribution in [3.8, 4) is 5.88 Å². The van der Waals surface area contributed by atoms with Crippen LogP contribution in [0, 0.1) is 0 Å². The molecule has 1 aromatic rings. The van der Waals surface area contributed by atoms with Crippen LogP contribution in [-0.2, 0) is 0 Å². The molecule has 0 aromatic carbocycles. The van der Waals surface area contributed by atoms with E-state index in [2.05, 4.69) is 19.9 Å². The summed E-state index contributed by atoms with van der Waals surface area (Å²) in [5.74, 6) is 2.37. The highest BCUT2D eigenvalue weighted by atomic mass is 16.5. The zero-order chi connectivity index (χ0) is 11.7. The molecule has 1 fully saturated rings. The van der Waals surface area contributed by atoms with Gasteiger partial charge in [-0.1, -0.05) is 6.08 Å². The largest absolute Gasteiger partial charge is 0.480 e. The molecule has 0 radical (unpaired) electrons. The van der Waals surface area contributed by atoms with Gasteiger partial charge in [0.25, 0.3) is 0 Å². The molecule has 1 aromatic heterocycles. The van der Waals surface area contributed by atoms with E-state index in [-0.39, 0.29) is 6.17 Å². The van der Waals surface area contributed by atoms with Crippen LogP contribution in [-0.4, -0.2) is 29.4 Å². The molecule has 2 aliphatic rings. The molecule has 1 atom stereocenters. The zero-order valence-electron chi connectivity index (χ0n) is 9.84. The predicted octanol–water partition coefficient (Wildman–Crippen LogP) is 1.46. The Morgan fingerprint density at radius 2 is 2.35 bits per heavy atom. The van der Waals surface area contributed by atoms with E-state index in [1.807, 2.05) is 24.7 Å². The second-order valence-electron chi connectivity index (χ2n) is 4.36. The van der Waals surface area contributed by atoms with E-state index < -0.39 is 0 Å². The summed E-state index contributed by atoms with van der Waals surface area (Å²) in [4.78, 5) is 8.74. The lowest BCUT2D eigenvalue weighted by Gasteiger charge is -2.16. The Kier molecular flexibility index (Phi) is 2.68. The predicted molar refractivity (Wildman–Crippen MR) is 65.4 cm³/mol. The summed E-state index contributed by atoms with van der Waals surface area (Å²) >= 11 is 0. The van der Waals surface area contributed by atoms with Gasteiger partial charge in [0, 0.05) is 24.9 Å². The molecule has 0 spiro atoms. The van der Waals surface area contributed by atoms with Gasteiger partial charge in [0.15, 0.2) is 0 Å². The van der Waals surface area contributed by atoms with Gasteiger partial charge in [0.1, 0.15) is 12.0 Å². The first kappa shape index (κ1) is 10.5. The number of hydrogen-bond acceptors (Lipinski definition) is 4. The second-order valence-corrected chi connectivity index (χ2v) is 4.36. The second kappa shape index (κ2) is 4.33. The first-order chi connectivity index (χ1) is 8.38. The third kappa shape index (κ3) is 2.10. The molecule has 1 aliphatic heterocycles. The summed E-state index contributed by atoms with van der Waals surface area (Å²) in [5.41, 5.74) is 0. The lowest BCUT2D eigenvalue weighted by atomic mass is 10.3. The quantitative estimate of drug-likeness (QED) is 0.858. The molecule has 0 saturated heterocycles. The van der Waals surface area contributed by atoms with Crippen LogP contribution >= 0.6 is 0 Å². The standard InChI is InChI=1S/C12H16N4O/c1-17-11-8-16(12(15-11)9-3-4-9)10-7-13-5-2-6-14-10/h2,5,7-10,14H,3-4,6H2,1H3. The van der Waals surface area contributed by atoms with E-state index in [9.17, 15) is 0 Å². The zero-order valence-corrected chi connectivity index (χ0v) is 9.84. The lowest BCUT2D eigenvalue weighted by Crippen LogP contribution is -2.28. The van der Waals surface area contributed by atoms with E-state index in [4.69, 9.17) is 4.74 Å². The number of aliphatic imine (C=N–C) groups is 1. The highest BCUT2D eigenvalue weighted by Crippen LogP contribution is 2.40. The molecule has 5 nitrogen and oxygen atoms in total. The average Bonchev–Trinajstić information content (AvgIpc) is 3.14. The average molecular weight is 232 g/mol. The summed E-state index contributed by atoms with van der Waals surface area (Å²) in [6, 6.07) is 0. The highest BCUT2D eigenvalue weighted by molar-refractivity contribution is 5.63. The molecule has 90 valence electrons. The Bertz CT molecular complexity index is 459. The maximum absolute atomic E-state index is 5.22. The van der Waals surface area contributed by atoms with Crippen molar-refractivity contribution >= 4 is 6.21 Å². The van der Waals surface area contributed by atoms with Gasteiger partial charge in [-0.05, 0) is 12.8 Å². The molecule has 1 saturated carbocycles. The van der Waals surface area contributed by atoms with Crippen molar-refractivity contribution in [1.82, 2.24) is 14.9 Å². The Morgan fingerprint density at radius 3 is 3.12 bits per heavy atom. The van der Waals surface area contributed by atoms with Gasteiger partial charge in [-0.15, -0.1) is 0 Å². The van der Waals surface area contributed by atoms with Crippen molar-refractivity contribution in [2.45, 2.75) is 24.9 Å². The van der Waals surface area contributed by atoms with Crippen molar-refractivity contribution in [1.29, 1.82) is 0 Å². The molecule has 5 heteroatoms. The van der Waals surface area contributed by atoms with Gasteiger partial charge < -0.3 is 9.30 Å². The first-order valence-corrected chi connectivity index (χ1v) is 5.93. The van der Waals surface area contributed by atoms with E-state index in [1.54, 1.807) is 7.11 Å². The van der Waals surface area contributed by atoms with Crippen molar-refractivity contribution in [3.05, 3.63) is 24.3 Å². The van der Waals surface area contributed by atoms with Gasteiger partial charge in [-0.25, -0.2) is 0 Å². The Hall–Kier alpha value is -1.62. The van der Waals surface area contributed by atoms with Crippen LogP contribution in [0.5, 0.6) is 5.88 Å². The minimum atomic E-state index is 0.0667. The Balaban J connectivity index is 1.92. The van der Waals surface area contributed by atoms with Crippen LogP contribution in [0.3, 0.4) is 0 Å². The summed E-state index contributed by atoms with van der Waals surface area (Å²) in [5, 5.41) is 3.39. The maximum Gasteiger partial charge on any atom is 0.231 e. The van der Waals surface area contributed by atoms with E-state index in [0.717, 1.165) is 12.4 Å². The normalized spacial score (nSPS) is 23.7. The van der Waals surface area contributed by atoms with Crippen molar-refractivity contribution in [2.75, 3.05) is 13.7 Å². The molecule has 1 unspecified atom stereocenters.